The summed E-state index contributed by atoms with van der Waals surface area (Å²) in [6.45, 7) is -0.00998. The number of hydrogen-bond acceptors (Lipinski definition) is 4. The van der Waals surface area contributed by atoms with Crippen LogP contribution in [0.2, 0.25) is 0 Å². The van der Waals surface area contributed by atoms with Crippen LogP contribution in [0.1, 0.15) is 5.01 Å². The maximum atomic E-state index is 8.91. The number of nitrogens with zero attached hydrogens (tertiary/aromatic N) is 1. The summed E-state index contributed by atoms with van der Waals surface area (Å²) < 4.78 is 1.03. The Hall–Kier alpha value is -0.750. The van der Waals surface area contributed by atoms with Gasteiger partial charge in [0, 0.05) is 27.9 Å². The van der Waals surface area contributed by atoms with E-state index in [9.17, 15) is 0 Å². The van der Waals surface area contributed by atoms with Crippen LogP contribution < -0.4 is 5.73 Å². The fourth-order valence-electron chi connectivity index (χ4n) is 1.49. The van der Waals surface area contributed by atoms with Gasteiger partial charge in [-0.2, -0.15) is 0 Å². The molecule has 0 saturated heterocycles. The third-order valence-electron chi connectivity index (χ3n) is 2.37. The fourth-order valence-corrected chi connectivity index (χ4v) is 2.86. The zero-order valence-electron chi connectivity index (χ0n) is 9.14. The first-order valence-electron chi connectivity index (χ1n) is 5.26. The van der Waals surface area contributed by atoms with Crippen LogP contribution in [-0.4, -0.2) is 22.7 Å². The summed E-state index contributed by atoms with van der Waals surface area (Å²) in [5, 5.41) is 11.9. The predicted molar refractivity (Wildman–Crippen MR) is 74.0 cm³/mol. The quantitative estimate of drug-likeness (QED) is 0.911. The summed E-state index contributed by atoms with van der Waals surface area (Å²) in [7, 11) is 0. The molecule has 17 heavy (non-hydrogen) atoms. The Kier molecular flexibility index (Phi) is 4.28. The Morgan fingerprint density at radius 3 is 2.88 bits per heavy atom. The molecule has 0 saturated carbocycles. The summed E-state index contributed by atoms with van der Waals surface area (Å²) in [5.74, 6) is 0. The standard InChI is InChI=1S/C12H13BrN2OS/c13-10-4-2-1-3-9(10)11-7-17-12(15-11)5-8(14)6-16/h1-4,7-8,16H,5-6,14H2. The third kappa shape index (κ3) is 3.13. The normalized spacial score (nSPS) is 12.6. The highest BCUT2D eigenvalue weighted by Gasteiger charge is 2.09. The molecule has 0 aliphatic rings. The molecule has 0 radical (unpaired) electrons. The maximum absolute atomic E-state index is 8.91. The van der Waals surface area contributed by atoms with Crippen molar-refractivity contribution in [1.29, 1.82) is 0 Å². The van der Waals surface area contributed by atoms with Crippen LogP contribution in [0.3, 0.4) is 0 Å². The van der Waals surface area contributed by atoms with Crippen molar-refractivity contribution in [3.05, 3.63) is 39.1 Å². The minimum atomic E-state index is -0.229. The molecule has 3 nitrogen and oxygen atoms in total. The summed E-state index contributed by atoms with van der Waals surface area (Å²) in [6, 6.07) is 7.75. The second kappa shape index (κ2) is 5.73. The first-order chi connectivity index (χ1) is 8.20. The maximum Gasteiger partial charge on any atom is 0.0948 e. The van der Waals surface area contributed by atoms with E-state index in [1.807, 2.05) is 29.6 Å². The van der Waals surface area contributed by atoms with E-state index >= 15 is 0 Å². The van der Waals surface area contributed by atoms with Crippen LogP contribution in [0.4, 0.5) is 0 Å². The van der Waals surface area contributed by atoms with Gasteiger partial charge < -0.3 is 10.8 Å². The monoisotopic (exact) mass is 312 g/mol. The van der Waals surface area contributed by atoms with E-state index in [-0.39, 0.29) is 12.6 Å². The van der Waals surface area contributed by atoms with Gasteiger partial charge in [-0.25, -0.2) is 4.98 Å². The van der Waals surface area contributed by atoms with Crippen molar-refractivity contribution in [3.63, 3.8) is 0 Å². The molecule has 1 unspecified atom stereocenters. The van der Waals surface area contributed by atoms with Crippen LogP contribution in [0.15, 0.2) is 34.1 Å². The molecule has 1 aromatic carbocycles. The van der Waals surface area contributed by atoms with Gasteiger partial charge in [0.2, 0.25) is 0 Å². The Labute approximate surface area is 112 Å². The average Bonchev–Trinajstić information content (AvgIpc) is 2.78. The molecule has 90 valence electrons. The lowest BCUT2D eigenvalue weighted by atomic mass is 10.2. The minimum Gasteiger partial charge on any atom is -0.395 e. The van der Waals surface area contributed by atoms with E-state index in [0.29, 0.717) is 6.42 Å². The average molecular weight is 313 g/mol. The molecule has 0 amide bonds. The SMILES string of the molecule is NC(CO)Cc1nc(-c2ccccc2Br)cs1. The van der Waals surface area contributed by atoms with Crippen molar-refractivity contribution in [2.45, 2.75) is 12.5 Å². The van der Waals surface area contributed by atoms with Crippen LogP contribution in [0, 0.1) is 0 Å². The summed E-state index contributed by atoms with van der Waals surface area (Å²) in [4.78, 5) is 4.53. The Balaban J connectivity index is 2.21. The van der Waals surface area contributed by atoms with Crippen LogP contribution in [-0.2, 0) is 6.42 Å². The van der Waals surface area contributed by atoms with E-state index in [2.05, 4.69) is 20.9 Å². The van der Waals surface area contributed by atoms with E-state index in [1.54, 1.807) is 11.3 Å². The fraction of sp³-hybridized carbons (Fsp3) is 0.250. The van der Waals surface area contributed by atoms with Gasteiger partial charge in [0.15, 0.2) is 0 Å². The number of rotatable bonds is 4. The molecule has 5 heteroatoms. The molecule has 0 bridgehead atoms. The van der Waals surface area contributed by atoms with Gasteiger partial charge in [-0.05, 0) is 6.07 Å². The Bertz CT molecular complexity index is 501. The van der Waals surface area contributed by atoms with E-state index in [4.69, 9.17) is 10.8 Å². The van der Waals surface area contributed by atoms with Crippen LogP contribution in [0.5, 0.6) is 0 Å². The minimum absolute atomic E-state index is 0.00998. The second-order valence-electron chi connectivity index (χ2n) is 3.75. The molecule has 2 rings (SSSR count). The summed E-state index contributed by atoms with van der Waals surface area (Å²) in [5.41, 5.74) is 7.71. The second-order valence-corrected chi connectivity index (χ2v) is 5.55. The molecular formula is C12H13BrN2OS. The van der Waals surface area contributed by atoms with E-state index in [1.165, 1.54) is 0 Å². The smallest absolute Gasteiger partial charge is 0.0948 e. The van der Waals surface area contributed by atoms with Gasteiger partial charge in [0.05, 0.1) is 17.3 Å². The predicted octanol–water partition coefficient (Wildman–Crippen LogP) is 2.43. The van der Waals surface area contributed by atoms with Gasteiger partial charge in [-0.3, -0.25) is 0 Å². The molecular weight excluding hydrogens is 300 g/mol. The molecule has 1 atom stereocenters. The number of aliphatic hydroxyl groups is 1. The first kappa shape index (κ1) is 12.7. The molecule has 1 heterocycles. The topological polar surface area (TPSA) is 59.1 Å². The van der Waals surface area contributed by atoms with Gasteiger partial charge in [0.25, 0.3) is 0 Å². The number of thiazole rings is 1. The Morgan fingerprint density at radius 1 is 1.41 bits per heavy atom. The third-order valence-corrected chi connectivity index (χ3v) is 3.94. The number of nitrogens with two attached hydrogens (primary N) is 1. The molecule has 0 fully saturated rings. The molecule has 3 N–H and O–H groups in total. The Morgan fingerprint density at radius 2 is 2.18 bits per heavy atom. The van der Waals surface area contributed by atoms with Gasteiger partial charge in [-0.1, -0.05) is 34.1 Å². The van der Waals surface area contributed by atoms with Crippen molar-refractivity contribution in [2.75, 3.05) is 6.61 Å². The molecule has 2 aromatic rings. The number of aliphatic hydroxyl groups excluding tert-OH is 1. The lowest BCUT2D eigenvalue weighted by molar-refractivity contribution is 0.265. The highest BCUT2D eigenvalue weighted by atomic mass is 79.9. The number of aromatic nitrogens is 1. The highest BCUT2D eigenvalue weighted by Crippen LogP contribution is 2.29. The molecule has 0 aliphatic carbocycles. The number of halogens is 1. The van der Waals surface area contributed by atoms with Crippen molar-refractivity contribution in [1.82, 2.24) is 4.98 Å². The van der Waals surface area contributed by atoms with E-state index in [0.717, 1.165) is 20.7 Å². The molecule has 0 aliphatic heterocycles. The number of benzene rings is 1. The zero-order valence-corrected chi connectivity index (χ0v) is 11.5. The molecule has 1 aromatic heterocycles. The van der Waals surface area contributed by atoms with Crippen LogP contribution >= 0.6 is 27.3 Å². The summed E-state index contributed by atoms with van der Waals surface area (Å²) in [6.07, 6.45) is 0.617. The van der Waals surface area contributed by atoms with Crippen molar-refractivity contribution < 1.29 is 5.11 Å². The zero-order chi connectivity index (χ0) is 12.3. The van der Waals surface area contributed by atoms with Crippen LogP contribution in [0.25, 0.3) is 11.3 Å². The van der Waals surface area contributed by atoms with E-state index < -0.39 is 0 Å². The number of hydrogen-bond donors (Lipinski definition) is 2. The molecule has 0 spiro atoms. The highest BCUT2D eigenvalue weighted by molar-refractivity contribution is 9.10. The summed E-state index contributed by atoms with van der Waals surface area (Å²) >= 11 is 5.08. The van der Waals surface area contributed by atoms with Gasteiger partial charge in [-0.15, -0.1) is 11.3 Å². The van der Waals surface area contributed by atoms with Crippen molar-refractivity contribution >= 4 is 27.3 Å². The van der Waals surface area contributed by atoms with Gasteiger partial charge >= 0.3 is 0 Å². The lowest BCUT2D eigenvalue weighted by Crippen LogP contribution is -2.26. The largest absolute Gasteiger partial charge is 0.395 e. The van der Waals surface area contributed by atoms with Crippen molar-refractivity contribution in [3.8, 4) is 11.3 Å². The lowest BCUT2D eigenvalue weighted by Gasteiger charge is -2.04. The van der Waals surface area contributed by atoms with Gasteiger partial charge in [0.1, 0.15) is 0 Å². The first-order valence-corrected chi connectivity index (χ1v) is 6.93. The van der Waals surface area contributed by atoms with Crippen molar-refractivity contribution in [2.24, 2.45) is 5.73 Å².